The molecule has 0 radical (unpaired) electrons. The molecule has 0 saturated heterocycles. The molecule has 0 heteroatoms. The molecule has 0 saturated carbocycles. The first-order valence-corrected chi connectivity index (χ1v) is 24.8. The Balaban J connectivity index is 1.10. The predicted octanol–water partition coefficient (Wildman–Crippen LogP) is 19.0. The number of benzene rings is 10. The van der Waals surface area contributed by atoms with Crippen LogP contribution in [0.2, 0.25) is 0 Å². The third kappa shape index (κ3) is 6.03. The largest absolute Gasteiger partial charge is 0.0654 e. The van der Waals surface area contributed by atoms with Crippen molar-refractivity contribution in [2.75, 3.05) is 0 Å². The maximum Gasteiger partial charge on any atom is 0.0215 e. The number of rotatable bonds is 11. The van der Waals surface area contributed by atoms with E-state index in [0.717, 1.165) is 0 Å². The second kappa shape index (κ2) is 16.0. The second-order valence-electron chi connectivity index (χ2n) is 19.9. The molecule has 2 aliphatic carbocycles. The van der Waals surface area contributed by atoms with Gasteiger partial charge in [0.1, 0.15) is 0 Å². The van der Waals surface area contributed by atoms with Gasteiger partial charge in [-0.05, 0) is 146 Å². The van der Waals surface area contributed by atoms with E-state index in [2.05, 4.69) is 210 Å². The topological polar surface area (TPSA) is 0 Å². The Kier molecular flexibility index (Phi) is 9.87. The zero-order valence-electron chi connectivity index (χ0n) is 39.0. The fourth-order valence-corrected chi connectivity index (χ4v) is 12.9. The van der Waals surface area contributed by atoms with E-state index in [4.69, 9.17) is 0 Å². The smallest absolute Gasteiger partial charge is 0.0215 e. The first-order chi connectivity index (χ1) is 32.4. The lowest BCUT2D eigenvalue weighted by Crippen LogP contribution is -2.25. The summed E-state index contributed by atoms with van der Waals surface area (Å²) in [6, 6.07) is 70.1. The summed E-state index contributed by atoms with van der Waals surface area (Å²) in [4.78, 5) is 0. The third-order valence-corrected chi connectivity index (χ3v) is 16.0. The summed E-state index contributed by atoms with van der Waals surface area (Å²) in [7, 11) is 0. The van der Waals surface area contributed by atoms with Gasteiger partial charge in [0.15, 0.2) is 0 Å². The molecular weight excluding hydrogens is 793 g/mol. The quantitative estimate of drug-likeness (QED) is 0.0898. The van der Waals surface area contributed by atoms with E-state index >= 15 is 0 Å². The summed E-state index contributed by atoms with van der Waals surface area (Å²) in [5.41, 5.74) is 19.3. The van der Waals surface area contributed by atoms with Crippen LogP contribution in [0.15, 0.2) is 182 Å². The molecule has 0 aliphatic heterocycles. The highest BCUT2D eigenvalue weighted by Crippen LogP contribution is 2.57. The Morgan fingerprint density at radius 2 is 0.636 bits per heavy atom. The minimum Gasteiger partial charge on any atom is -0.0654 e. The molecule has 0 N–H and O–H groups in total. The van der Waals surface area contributed by atoms with Gasteiger partial charge in [-0.25, -0.2) is 0 Å². The van der Waals surface area contributed by atoms with E-state index in [1.165, 1.54) is 167 Å². The number of hydrogen-bond donors (Lipinski definition) is 0. The van der Waals surface area contributed by atoms with E-state index in [-0.39, 0.29) is 10.8 Å². The van der Waals surface area contributed by atoms with Gasteiger partial charge >= 0.3 is 0 Å². The van der Waals surface area contributed by atoms with Crippen molar-refractivity contribution in [3.63, 3.8) is 0 Å². The van der Waals surface area contributed by atoms with Crippen LogP contribution in [0.3, 0.4) is 0 Å². The van der Waals surface area contributed by atoms with Crippen LogP contribution >= 0.6 is 0 Å². The highest BCUT2D eigenvalue weighted by atomic mass is 14.5. The molecule has 2 aliphatic rings. The monoisotopic (exact) mass is 850 g/mol. The van der Waals surface area contributed by atoms with Gasteiger partial charge in [0, 0.05) is 10.8 Å². The lowest BCUT2D eigenvalue weighted by atomic mass is 9.70. The summed E-state index contributed by atoms with van der Waals surface area (Å²) < 4.78 is 0. The number of hydrogen-bond acceptors (Lipinski definition) is 0. The Morgan fingerprint density at radius 3 is 1.08 bits per heavy atom. The summed E-state index contributed by atoms with van der Waals surface area (Å²) in [5.74, 6) is 0. The van der Waals surface area contributed by atoms with E-state index in [1.54, 1.807) is 5.56 Å². The molecule has 66 heavy (non-hydrogen) atoms. The van der Waals surface area contributed by atoms with Gasteiger partial charge in [-0.1, -0.05) is 236 Å². The van der Waals surface area contributed by atoms with Crippen LogP contribution in [0, 0.1) is 0 Å². The van der Waals surface area contributed by atoms with Crippen LogP contribution in [0.1, 0.15) is 101 Å². The molecule has 0 fully saturated rings. The van der Waals surface area contributed by atoms with E-state index < -0.39 is 0 Å². The van der Waals surface area contributed by atoms with E-state index in [1.807, 2.05) is 0 Å². The van der Waals surface area contributed by atoms with Gasteiger partial charge < -0.3 is 0 Å². The van der Waals surface area contributed by atoms with Crippen molar-refractivity contribution in [3.05, 3.63) is 204 Å². The van der Waals surface area contributed by atoms with Gasteiger partial charge in [0.05, 0.1) is 0 Å². The Bertz CT molecular complexity index is 3420. The molecule has 0 atom stereocenters. The van der Waals surface area contributed by atoms with Crippen molar-refractivity contribution in [2.24, 2.45) is 0 Å². The average molecular weight is 851 g/mol. The number of fused-ring (bicyclic) bond motifs is 10. The van der Waals surface area contributed by atoms with Crippen LogP contribution in [-0.4, -0.2) is 0 Å². The highest BCUT2D eigenvalue weighted by molar-refractivity contribution is 6.30. The zero-order valence-corrected chi connectivity index (χ0v) is 39.0. The number of unbranched alkanes of at least 4 members (excludes halogenated alkanes) is 4. The minimum atomic E-state index is -0.0819. The van der Waals surface area contributed by atoms with Crippen molar-refractivity contribution in [1.29, 1.82) is 0 Å². The lowest BCUT2D eigenvalue weighted by molar-refractivity contribution is 0.405. The summed E-state index contributed by atoms with van der Waals surface area (Å²) in [6.45, 7) is 9.46. The van der Waals surface area contributed by atoms with Crippen LogP contribution in [0.5, 0.6) is 0 Å². The molecule has 322 valence electrons. The minimum absolute atomic E-state index is 0.0238. The van der Waals surface area contributed by atoms with Gasteiger partial charge in [0.25, 0.3) is 0 Å². The average Bonchev–Trinajstić information content (AvgIpc) is 3.76. The Morgan fingerprint density at radius 1 is 0.303 bits per heavy atom. The standard InChI is InChI=1S/C66H58/c1-5-7-21-39-66(40-22-8-6-2)58-34-20-18-24-46(58)48-38-36-44(42-60(48)66)62-51-27-11-15-31-55(51)64(56-32-16-12-28-52(56)62)63-53-29-13-9-25-49(53)61(50-26-10-14-30-54(50)63)43-35-37-47-45-23-17-19-33-57(45)65(3,4)59(47)41-43/h9-20,23-38,41-42H,5-8,21-22,39-40H2,1-4H3. The maximum atomic E-state index is 2.64. The molecular formula is C66H58. The van der Waals surface area contributed by atoms with Gasteiger partial charge in [0.2, 0.25) is 0 Å². The lowest BCUT2D eigenvalue weighted by Gasteiger charge is -2.33. The van der Waals surface area contributed by atoms with Gasteiger partial charge in [-0.3, -0.25) is 0 Å². The molecule has 0 spiro atoms. The van der Waals surface area contributed by atoms with Crippen LogP contribution in [0.25, 0.3) is 98.7 Å². The maximum absolute atomic E-state index is 2.64. The van der Waals surface area contributed by atoms with Crippen molar-refractivity contribution in [1.82, 2.24) is 0 Å². The fraction of sp³-hybridized carbons (Fsp3) is 0.212. The van der Waals surface area contributed by atoms with Crippen LogP contribution < -0.4 is 0 Å². The molecule has 0 heterocycles. The fourth-order valence-electron chi connectivity index (χ4n) is 12.9. The SMILES string of the molecule is CCCCCC1(CCCCC)c2ccccc2-c2ccc(-c3c4ccccc4c(-c4c5ccccc5c(-c5ccc6c(c5)C(C)(C)c5ccccc5-6)c5ccccc45)c4ccccc34)cc21. The van der Waals surface area contributed by atoms with Crippen molar-refractivity contribution in [2.45, 2.75) is 89.9 Å². The molecule has 0 bridgehead atoms. The third-order valence-electron chi connectivity index (χ3n) is 16.0. The van der Waals surface area contributed by atoms with Gasteiger partial charge in [-0.2, -0.15) is 0 Å². The predicted molar refractivity (Wildman–Crippen MR) is 285 cm³/mol. The molecule has 12 rings (SSSR count). The van der Waals surface area contributed by atoms with Crippen LogP contribution in [-0.2, 0) is 10.8 Å². The normalized spacial score (nSPS) is 14.2. The summed E-state index contributed by atoms with van der Waals surface area (Å²) >= 11 is 0. The Hall–Kier alpha value is -6.76. The van der Waals surface area contributed by atoms with Crippen molar-refractivity contribution >= 4 is 43.1 Å². The molecule has 0 nitrogen and oxygen atoms in total. The molecule has 10 aromatic carbocycles. The van der Waals surface area contributed by atoms with Crippen LogP contribution in [0.4, 0.5) is 0 Å². The van der Waals surface area contributed by atoms with Crippen molar-refractivity contribution < 1.29 is 0 Å². The molecule has 0 amide bonds. The first-order valence-electron chi connectivity index (χ1n) is 24.8. The van der Waals surface area contributed by atoms with E-state index in [9.17, 15) is 0 Å². The molecule has 0 unspecified atom stereocenters. The highest BCUT2D eigenvalue weighted by Gasteiger charge is 2.42. The summed E-state index contributed by atoms with van der Waals surface area (Å²) in [5, 5.41) is 10.4. The van der Waals surface area contributed by atoms with Gasteiger partial charge in [-0.15, -0.1) is 0 Å². The first kappa shape index (κ1) is 40.7. The van der Waals surface area contributed by atoms with E-state index in [0.29, 0.717) is 0 Å². The second-order valence-corrected chi connectivity index (χ2v) is 19.9. The Labute approximate surface area is 391 Å². The molecule has 0 aromatic heterocycles. The zero-order chi connectivity index (χ0) is 44.6. The van der Waals surface area contributed by atoms with Crippen molar-refractivity contribution in [3.8, 4) is 55.6 Å². The molecule has 10 aromatic rings. The summed E-state index contributed by atoms with van der Waals surface area (Å²) in [6.07, 6.45) is 9.91.